The van der Waals surface area contributed by atoms with Crippen LogP contribution in [0.5, 0.6) is 0 Å². The van der Waals surface area contributed by atoms with Gasteiger partial charge >= 0.3 is 0 Å². The Morgan fingerprint density at radius 3 is 2.55 bits per heavy atom. The SMILES string of the molecule is CC[C@H]([C@@H](C)C=O)P(P)PP. The fourth-order valence-corrected chi connectivity index (χ4v) is 7.17. The summed E-state index contributed by atoms with van der Waals surface area (Å²) in [5.41, 5.74) is 0.600. The van der Waals surface area contributed by atoms with Gasteiger partial charge in [0, 0.05) is 5.92 Å². The van der Waals surface area contributed by atoms with Crippen molar-refractivity contribution < 1.29 is 4.79 Å². The van der Waals surface area contributed by atoms with E-state index in [-0.39, 0.29) is 13.2 Å². The molecule has 11 heavy (non-hydrogen) atoms. The Bertz CT molecular complexity index is 119. The quantitative estimate of drug-likeness (QED) is 0.521. The molecule has 0 aliphatic carbocycles. The summed E-state index contributed by atoms with van der Waals surface area (Å²) >= 11 is 0. The predicted octanol–water partition coefficient (Wildman–Crippen LogP) is 3.26. The van der Waals surface area contributed by atoms with E-state index in [0.717, 1.165) is 20.7 Å². The van der Waals surface area contributed by atoms with Crippen LogP contribution in [0.25, 0.3) is 0 Å². The summed E-state index contributed by atoms with van der Waals surface area (Å²) < 4.78 is 0. The zero-order valence-corrected chi connectivity index (χ0v) is 11.2. The Hall–Kier alpha value is 1.39. The molecule has 0 amide bonds. The maximum atomic E-state index is 10.5. The Kier molecular flexibility index (Phi) is 7.72. The number of aldehydes is 1. The molecule has 5 heteroatoms. The van der Waals surface area contributed by atoms with Crippen LogP contribution in [0.1, 0.15) is 20.3 Å². The largest absolute Gasteiger partial charge is 0.303 e. The van der Waals surface area contributed by atoms with E-state index >= 15 is 0 Å². The van der Waals surface area contributed by atoms with Crippen molar-refractivity contribution in [3.05, 3.63) is 0 Å². The van der Waals surface area contributed by atoms with E-state index in [4.69, 9.17) is 0 Å². The van der Waals surface area contributed by atoms with Gasteiger partial charge < -0.3 is 4.79 Å². The molecule has 0 bridgehead atoms. The molecule has 6 atom stereocenters. The lowest BCUT2D eigenvalue weighted by Crippen LogP contribution is -2.13. The summed E-state index contributed by atoms with van der Waals surface area (Å²) in [6.45, 7) is 4.18. The minimum atomic E-state index is -0.0110. The first kappa shape index (κ1) is 12.4. The van der Waals surface area contributed by atoms with Gasteiger partial charge in [-0.3, -0.25) is 0 Å². The molecule has 0 heterocycles. The Morgan fingerprint density at radius 1 is 1.73 bits per heavy atom. The van der Waals surface area contributed by atoms with Gasteiger partial charge in [-0.25, -0.2) is 0 Å². The van der Waals surface area contributed by atoms with E-state index in [1.165, 1.54) is 0 Å². The first-order valence-corrected chi connectivity index (χ1v) is 10.3. The molecule has 0 radical (unpaired) electrons. The van der Waals surface area contributed by atoms with Crippen molar-refractivity contribution in [1.29, 1.82) is 0 Å². The van der Waals surface area contributed by atoms with Gasteiger partial charge in [0.05, 0.1) is 0 Å². The van der Waals surface area contributed by atoms with Crippen LogP contribution in [-0.4, -0.2) is 11.9 Å². The van der Waals surface area contributed by atoms with Crippen molar-refractivity contribution in [3.8, 4) is 0 Å². The van der Waals surface area contributed by atoms with Crippen LogP contribution in [0.2, 0.25) is 0 Å². The molecule has 0 aliphatic rings. The third-order valence-electron chi connectivity index (χ3n) is 1.75. The summed E-state index contributed by atoms with van der Waals surface area (Å²) in [4.78, 5) is 10.5. The minimum Gasteiger partial charge on any atom is -0.303 e. The number of hydrogen-bond donors (Lipinski definition) is 0. The lowest BCUT2D eigenvalue weighted by molar-refractivity contribution is -0.110. The van der Waals surface area contributed by atoms with Gasteiger partial charge in [0.2, 0.25) is 0 Å². The van der Waals surface area contributed by atoms with Gasteiger partial charge in [-0.1, -0.05) is 29.1 Å². The second-order valence-corrected chi connectivity index (χ2v) is 12.1. The normalized spacial score (nSPS) is 20.0. The maximum absolute atomic E-state index is 10.5. The fraction of sp³-hybridized carbons (Fsp3) is 0.833. The van der Waals surface area contributed by atoms with Crippen molar-refractivity contribution in [2.45, 2.75) is 25.9 Å². The zero-order chi connectivity index (χ0) is 8.85. The van der Waals surface area contributed by atoms with E-state index in [0.29, 0.717) is 5.66 Å². The number of rotatable bonds is 5. The molecule has 0 aromatic carbocycles. The molecule has 4 unspecified atom stereocenters. The van der Waals surface area contributed by atoms with Gasteiger partial charge in [-0.2, -0.15) is 0 Å². The molecular weight excluding hydrogens is 212 g/mol. The zero-order valence-electron chi connectivity index (χ0n) is 6.95. The van der Waals surface area contributed by atoms with Crippen molar-refractivity contribution in [2.24, 2.45) is 5.92 Å². The maximum Gasteiger partial charge on any atom is 0.123 e. The second-order valence-electron chi connectivity index (χ2n) is 2.51. The average molecular weight is 228 g/mol. The summed E-state index contributed by atoms with van der Waals surface area (Å²) in [7, 11) is 6.56. The van der Waals surface area contributed by atoms with Crippen LogP contribution in [0.3, 0.4) is 0 Å². The summed E-state index contributed by atoms with van der Waals surface area (Å²) in [5, 5.41) is 0. The molecule has 0 saturated carbocycles. The Labute approximate surface area is 76.5 Å². The Morgan fingerprint density at radius 2 is 2.27 bits per heavy atom. The molecule has 0 N–H and O–H groups in total. The summed E-state index contributed by atoms with van der Waals surface area (Å²) in [5.74, 6) is 0.233. The molecule has 0 rings (SSSR count). The highest BCUT2D eigenvalue weighted by Gasteiger charge is 2.19. The van der Waals surface area contributed by atoms with Gasteiger partial charge in [-0.05, 0) is 12.1 Å². The molecule has 66 valence electrons. The van der Waals surface area contributed by atoms with E-state index in [1.807, 2.05) is 6.92 Å². The molecule has 0 aliphatic heterocycles. The van der Waals surface area contributed by atoms with Crippen LogP contribution < -0.4 is 0 Å². The van der Waals surface area contributed by atoms with Crippen molar-refractivity contribution in [2.75, 3.05) is 0 Å². The second kappa shape index (κ2) is 6.86. The Balaban J connectivity index is 4.02. The highest BCUT2D eigenvalue weighted by atomic mass is 32.6. The van der Waals surface area contributed by atoms with E-state index in [2.05, 4.69) is 24.8 Å². The lowest BCUT2D eigenvalue weighted by Gasteiger charge is -2.23. The standard InChI is InChI=1S/C6H16OP4/c1-3-6(5(2)4-7)11(9)10-8/h4-6,10H,3,8-9H2,1-2H3/t5-,6+,11?/m0/s1. The number of carbonyl (C=O) groups is 1. The highest BCUT2D eigenvalue weighted by molar-refractivity contribution is 8.61. The van der Waals surface area contributed by atoms with Crippen molar-refractivity contribution in [3.63, 3.8) is 0 Å². The third-order valence-corrected chi connectivity index (χ3v) is 13.3. The van der Waals surface area contributed by atoms with Gasteiger partial charge in [0.25, 0.3) is 0 Å². The minimum absolute atomic E-state index is 0.0110. The molecule has 1 nitrogen and oxygen atoms in total. The van der Waals surface area contributed by atoms with Crippen LogP contribution in [0, 0.1) is 5.92 Å². The summed E-state index contributed by atoms with van der Waals surface area (Å²) in [6, 6.07) is 0. The molecule has 0 saturated heterocycles. The molecule has 0 aromatic rings. The van der Waals surface area contributed by atoms with Crippen molar-refractivity contribution >= 4 is 39.4 Å². The van der Waals surface area contributed by atoms with E-state index in [9.17, 15) is 4.79 Å². The van der Waals surface area contributed by atoms with Gasteiger partial charge in [0.15, 0.2) is 0 Å². The van der Waals surface area contributed by atoms with E-state index < -0.39 is 0 Å². The summed E-state index contributed by atoms with van der Waals surface area (Å²) in [6.07, 6.45) is 2.20. The van der Waals surface area contributed by atoms with Crippen molar-refractivity contribution in [1.82, 2.24) is 0 Å². The van der Waals surface area contributed by atoms with Crippen LogP contribution >= 0.6 is 33.1 Å². The smallest absolute Gasteiger partial charge is 0.123 e. The first-order valence-electron chi connectivity index (χ1n) is 3.62. The monoisotopic (exact) mass is 228 g/mol. The highest BCUT2D eigenvalue weighted by Crippen LogP contribution is 2.70. The number of carbonyl (C=O) groups excluding carboxylic acids is 1. The average Bonchev–Trinajstić information content (AvgIpc) is 2.05. The molecule has 0 aromatic heterocycles. The van der Waals surface area contributed by atoms with Crippen LogP contribution in [-0.2, 0) is 4.79 Å². The fourth-order valence-electron chi connectivity index (χ4n) is 1.01. The van der Waals surface area contributed by atoms with Gasteiger partial charge in [0.1, 0.15) is 6.29 Å². The predicted molar refractivity (Wildman–Crippen MR) is 64.0 cm³/mol. The molecule has 0 spiro atoms. The van der Waals surface area contributed by atoms with Gasteiger partial charge in [-0.15, -0.1) is 17.9 Å². The van der Waals surface area contributed by atoms with Crippen LogP contribution in [0.15, 0.2) is 0 Å². The third kappa shape index (κ3) is 4.24. The number of hydrogen-bond acceptors (Lipinski definition) is 1. The molecular formula is C6H16OP4. The van der Waals surface area contributed by atoms with E-state index in [1.54, 1.807) is 0 Å². The first-order chi connectivity index (χ1) is 5.17. The van der Waals surface area contributed by atoms with Crippen LogP contribution in [0.4, 0.5) is 0 Å². The lowest BCUT2D eigenvalue weighted by atomic mass is 10.1. The molecule has 0 fully saturated rings. The topological polar surface area (TPSA) is 17.1 Å².